The Morgan fingerprint density at radius 1 is 1.37 bits per heavy atom. The standard InChI is InChI=1S/C15H19NO3/c1-9(2)12(8-17)15(19)11-3-5-13-10(7-11)4-6-14(18)16-13/h3,5,7,9,12,17H,4,6,8H2,1-2H3,(H,16,18). The van der Waals surface area contributed by atoms with Crippen molar-refractivity contribution in [3.63, 3.8) is 0 Å². The molecule has 0 aliphatic carbocycles. The van der Waals surface area contributed by atoms with Crippen LogP contribution in [0.15, 0.2) is 18.2 Å². The van der Waals surface area contributed by atoms with Crippen LogP contribution in [0, 0.1) is 11.8 Å². The van der Waals surface area contributed by atoms with Crippen molar-refractivity contribution in [1.29, 1.82) is 0 Å². The van der Waals surface area contributed by atoms with E-state index in [0.29, 0.717) is 18.4 Å². The molecular weight excluding hydrogens is 242 g/mol. The first kappa shape index (κ1) is 13.7. The van der Waals surface area contributed by atoms with E-state index >= 15 is 0 Å². The molecular formula is C15H19NO3. The topological polar surface area (TPSA) is 66.4 Å². The van der Waals surface area contributed by atoms with Gasteiger partial charge in [-0.25, -0.2) is 0 Å². The molecule has 2 rings (SSSR count). The van der Waals surface area contributed by atoms with E-state index in [0.717, 1.165) is 11.3 Å². The molecule has 2 N–H and O–H groups in total. The van der Waals surface area contributed by atoms with Gasteiger partial charge in [0.05, 0.1) is 6.61 Å². The molecule has 4 heteroatoms. The molecule has 1 aromatic carbocycles. The number of fused-ring (bicyclic) bond motifs is 1. The van der Waals surface area contributed by atoms with Crippen molar-refractivity contribution >= 4 is 17.4 Å². The maximum Gasteiger partial charge on any atom is 0.224 e. The Balaban J connectivity index is 2.27. The Kier molecular flexibility index (Phi) is 4.00. The normalized spacial score (nSPS) is 15.9. The van der Waals surface area contributed by atoms with Crippen LogP contribution in [0.4, 0.5) is 5.69 Å². The summed E-state index contributed by atoms with van der Waals surface area (Å²) < 4.78 is 0. The fourth-order valence-electron chi connectivity index (χ4n) is 2.35. The molecule has 0 fully saturated rings. The zero-order valence-electron chi connectivity index (χ0n) is 11.3. The van der Waals surface area contributed by atoms with Crippen molar-refractivity contribution in [2.75, 3.05) is 11.9 Å². The summed E-state index contributed by atoms with van der Waals surface area (Å²) in [5.74, 6) is -0.274. The minimum Gasteiger partial charge on any atom is -0.396 e. The van der Waals surface area contributed by atoms with Crippen LogP contribution in [0.1, 0.15) is 36.2 Å². The van der Waals surface area contributed by atoms with Crippen LogP contribution in [0.2, 0.25) is 0 Å². The number of nitrogens with one attached hydrogen (secondary N) is 1. The second-order valence-electron chi connectivity index (χ2n) is 5.32. The zero-order valence-corrected chi connectivity index (χ0v) is 11.3. The third-order valence-electron chi connectivity index (χ3n) is 3.62. The lowest BCUT2D eigenvalue weighted by molar-refractivity contribution is -0.116. The number of aliphatic hydroxyl groups excluding tert-OH is 1. The van der Waals surface area contributed by atoms with Crippen LogP contribution < -0.4 is 5.32 Å². The highest BCUT2D eigenvalue weighted by molar-refractivity contribution is 6.00. The molecule has 0 bridgehead atoms. The maximum absolute atomic E-state index is 12.3. The quantitative estimate of drug-likeness (QED) is 0.815. The molecule has 1 atom stereocenters. The third kappa shape index (κ3) is 2.84. The first-order valence-electron chi connectivity index (χ1n) is 6.60. The molecule has 0 aromatic heterocycles. The van der Waals surface area contributed by atoms with E-state index < -0.39 is 0 Å². The highest BCUT2D eigenvalue weighted by Crippen LogP contribution is 2.25. The molecule has 0 saturated carbocycles. The Labute approximate surface area is 112 Å². The van der Waals surface area contributed by atoms with Gasteiger partial charge in [0.2, 0.25) is 5.91 Å². The lowest BCUT2D eigenvalue weighted by Crippen LogP contribution is -2.25. The number of hydrogen-bond acceptors (Lipinski definition) is 3. The van der Waals surface area contributed by atoms with Crippen LogP contribution >= 0.6 is 0 Å². The van der Waals surface area contributed by atoms with Gasteiger partial charge >= 0.3 is 0 Å². The predicted molar refractivity (Wildman–Crippen MR) is 73.1 cm³/mol. The number of rotatable bonds is 4. The van der Waals surface area contributed by atoms with Gasteiger partial charge < -0.3 is 10.4 Å². The number of ketones is 1. The summed E-state index contributed by atoms with van der Waals surface area (Å²) in [6.45, 7) is 3.72. The minimum absolute atomic E-state index is 0.0157. The van der Waals surface area contributed by atoms with E-state index in [-0.39, 0.29) is 30.1 Å². The van der Waals surface area contributed by atoms with E-state index in [1.54, 1.807) is 12.1 Å². The van der Waals surface area contributed by atoms with Crippen LogP contribution in [0.3, 0.4) is 0 Å². The molecule has 1 aromatic rings. The smallest absolute Gasteiger partial charge is 0.224 e. The Morgan fingerprint density at radius 3 is 2.74 bits per heavy atom. The van der Waals surface area contributed by atoms with E-state index in [1.165, 1.54) is 0 Å². The monoisotopic (exact) mass is 261 g/mol. The van der Waals surface area contributed by atoms with Crippen LogP contribution in [-0.4, -0.2) is 23.4 Å². The first-order chi connectivity index (χ1) is 9.02. The first-order valence-corrected chi connectivity index (χ1v) is 6.60. The van der Waals surface area contributed by atoms with Gasteiger partial charge in [-0.15, -0.1) is 0 Å². The molecule has 1 aliphatic rings. The summed E-state index contributed by atoms with van der Waals surface area (Å²) in [5.41, 5.74) is 2.39. The molecule has 0 spiro atoms. The van der Waals surface area contributed by atoms with Gasteiger partial charge in [0, 0.05) is 23.6 Å². The Hall–Kier alpha value is -1.68. The largest absolute Gasteiger partial charge is 0.396 e. The van der Waals surface area contributed by atoms with Gasteiger partial charge in [0.25, 0.3) is 0 Å². The zero-order chi connectivity index (χ0) is 14.0. The average molecular weight is 261 g/mol. The summed E-state index contributed by atoms with van der Waals surface area (Å²) in [7, 11) is 0. The molecule has 102 valence electrons. The summed E-state index contributed by atoms with van der Waals surface area (Å²) in [5, 5.41) is 12.1. The lowest BCUT2D eigenvalue weighted by Gasteiger charge is -2.20. The lowest BCUT2D eigenvalue weighted by atomic mass is 9.87. The van der Waals surface area contributed by atoms with Crippen molar-refractivity contribution in [1.82, 2.24) is 0 Å². The molecule has 4 nitrogen and oxygen atoms in total. The summed E-state index contributed by atoms with van der Waals surface area (Å²) >= 11 is 0. The van der Waals surface area contributed by atoms with Gasteiger partial charge in [-0.05, 0) is 36.1 Å². The second kappa shape index (κ2) is 5.53. The molecule has 19 heavy (non-hydrogen) atoms. The number of carbonyl (C=O) groups is 2. The van der Waals surface area contributed by atoms with Gasteiger partial charge in [-0.1, -0.05) is 13.8 Å². The number of hydrogen-bond donors (Lipinski definition) is 2. The Bertz CT molecular complexity index is 508. The van der Waals surface area contributed by atoms with Crippen molar-refractivity contribution < 1.29 is 14.7 Å². The molecule has 0 radical (unpaired) electrons. The number of amides is 1. The predicted octanol–water partition coefficient (Wildman–Crippen LogP) is 2.02. The molecule has 1 amide bonds. The number of aliphatic hydroxyl groups is 1. The Morgan fingerprint density at radius 2 is 2.11 bits per heavy atom. The number of Topliss-reactive ketones (excluding diaryl/α,β-unsaturated/α-hetero) is 1. The molecule has 1 unspecified atom stereocenters. The van der Waals surface area contributed by atoms with E-state index in [4.69, 9.17) is 0 Å². The van der Waals surface area contributed by atoms with Crippen molar-refractivity contribution in [2.45, 2.75) is 26.7 Å². The van der Waals surface area contributed by atoms with E-state index in [9.17, 15) is 14.7 Å². The van der Waals surface area contributed by atoms with E-state index in [2.05, 4.69) is 5.32 Å². The van der Waals surface area contributed by atoms with Gasteiger partial charge in [-0.2, -0.15) is 0 Å². The summed E-state index contributed by atoms with van der Waals surface area (Å²) in [4.78, 5) is 23.6. The van der Waals surface area contributed by atoms with E-state index in [1.807, 2.05) is 19.9 Å². The minimum atomic E-state index is -0.365. The molecule has 1 aliphatic heterocycles. The average Bonchev–Trinajstić information content (AvgIpc) is 2.38. The SMILES string of the molecule is CC(C)C(CO)C(=O)c1ccc2c(c1)CCC(=O)N2. The van der Waals surface area contributed by atoms with Crippen molar-refractivity contribution in [3.8, 4) is 0 Å². The third-order valence-corrected chi connectivity index (χ3v) is 3.62. The van der Waals surface area contributed by atoms with Crippen LogP contribution in [0.25, 0.3) is 0 Å². The summed E-state index contributed by atoms with van der Waals surface area (Å²) in [6, 6.07) is 5.33. The summed E-state index contributed by atoms with van der Waals surface area (Å²) in [6.07, 6.45) is 1.12. The van der Waals surface area contributed by atoms with Crippen molar-refractivity contribution in [2.24, 2.45) is 11.8 Å². The van der Waals surface area contributed by atoms with Gasteiger partial charge in [0.1, 0.15) is 0 Å². The highest BCUT2D eigenvalue weighted by atomic mass is 16.3. The van der Waals surface area contributed by atoms with Gasteiger partial charge in [0.15, 0.2) is 5.78 Å². The van der Waals surface area contributed by atoms with Crippen LogP contribution in [0.5, 0.6) is 0 Å². The number of benzene rings is 1. The fraction of sp³-hybridized carbons (Fsp3) is 0.467. The second-order valence-corrected chi connectivity index (χ2v) is 5.32. The number of anilines is 1. The van der Waals surface area contributed by atoms with Gasteiger partial charge in [-0.3, -0.25) is 9.59 Å². The van der Waals surface area contributed by atoms with Crippen molar-refractivity contribution in [3.05, 3.63) is 29.3 Å². The fourth-order valence-corrected chi connectivity index (χ4v) is 2.35. The number of carbonyl (C=O) groups excluding carboxylic acids is 2. The highest BCUT2D eigenvalue weighted by Gasteiger charge is 2.24. The maximum atomic E-state index is 12.3. The molecule has 1 heterocycles. The molecule has 0 saturated heterocycles. The number of aryl methyl sites for hydroxylation is 1. The van der Waals surface area contributed by atoms with Crippen LogP contribution in [-0.2, 0) is 11.2 Å².